The third-order valence-electron chi connectivity index (χ3n) is 5.36. The molecule has 1 aliphatic rings. The zero-order valence-electron chi connectivity index (χ0n) is 18.6. The van der Waals surface area contributed by atoms with E-state index in [1.54, 1.807) is 0 Å². The van der Waals surface area contributed by atoms with Gasteiger partial charge in [-0.1, -0.05) is 44.2 Å². The molecule has 3 aromatic rings. The van der Waals surface area contributed by atoms with Crippen molar-refractivity contribution in [3.05, 3.63) is 47.5 Å². The summed E-state index contributed by atoms with van der Waals surface area (Å²) in [6.07, 6.45) is 3.89. The number of imidazole rings is 1. The van der Waals surface area contributed by atoms with Gasteiger partial charge >= 0.3 is 5.97 Å². The molecule has 9 nitrogen and oxygen atoms in total. The Kier molecular flexibility index (Phi) is 7.08. The number of halogens is 1. The van der Waals surface area contributed by atoms with E-state index in [9.17, 15) is 9.59 Å². The van der Waals surface area contributed by atoms with Gasteiger partial charge in [0, 0.05) is 6.04 Å². The summed E-state index contributed by atoms with van der Waals surface area (Å²) < 4.78 is 5.49. The number of rotatable bonds is 10. The first-order valence-electron chi connectivity index (χ1n) is 11.0. The van der Waals surface area contributed by atoms with Crippen LogP contribution in [0, 0.1) is 5.92 Å². The van der Waals surface area contributed by atoms with Crippen molar-refractivity contribution in [3.63, 3.8) is 0 Å². The molecule has 0 bridgehead atoms. The van der Waals surface area contributed by atoms with Crippen molar-refractivity contribution in [3.8, 4) is 0 Å². The van der Waals surface area contributed by atoms with E-state index in [4.69, 9.17) is 16.3 Å². The Bertz CT molecular complexity index is 1120. The molecule has 174 valence electrons. The number of esters is 1. The SMILES string of the molecule is CC(C)C[C@H](NC(=O)CN(c1nc(Cl)nc2nc[nH]c12)C1CC1)C(=O)OCc1ccccc1. The average molecular weight is 471 g/mol. The maximum Gasteiger partial charge on any atom is 0.328 e. The highest BCUT2D eigenvalue weighted by Crippen LogP contribution is 2.33. The summed E-state index contributed by atoms with van der Waals surface area (Å²) >= 11 is 6.09. The molecule has 4 rings (SSSR count). The van der Waals surface area contributed by atoms with Gasteiger partial charge in [-0.3, -0.25) is 4.79 Å². The van der Waals surface area contributed by atoms with Crippen LogP contribution in [-0.4, -0.2) is 50.4 Å². The van der Waals surface area contributed by atoms with Gasteiger partial charge in [0.2, 0.25) is 11.2 Å². The molecule has 1 saturated carbocycles. The predicted molar refractivity (Wildman–Crippen MR) is 125 cm³/mol. The molecule has 1 amide bonds. The van der Waals surface area contributed by atoms with Crippen LogP contribution < -0.4 is 10.2 Å². The number of anilines is 1. The summed E-state index contributed by atoms with van der Waals surface area (Å²) in [5.41, 5.74) is 1.96. The van der Waals surface area contributed by atoms with E-state index >= 15 is 0 Å². The monoisotopic (exact) mass is 470 g/mol. The lowest BCUT2D eigenvalue weighted by atomic mass is 10.0. The molecule has 0 unspecified atom stereocenters. The van der Waals surface area contributed by atoms with Crippen LogP contribution in [0.1, 0.15) is 38.7 Å². The summed E-state index contributed by atoms with van der Waals surface area (Å²) in [6, 6.07) is 8.89. The summed E-state index contributed by atoms with van der Waals surface area (Å²) in [7, 11) is 0. The van der Waals surface area contributed by atoms with Crippen LogP contribution in [0.15, 0.2) is 36.7 Å². The summed E-state index contributed by atoms with van der Waals surface area (Å²) in [5, 5.41) is 2.93. The number of benzene rings is 1. The van der Waals surface area contributed by atoms with Crippen molar-refractivity contribution >= 4 is 40.5 Å². The van der Waals surface area contributed by atoms with E-state index in [1.807, 2.05) is 49.1 Å². The van der Waals surface area contributed by atoms with Gasteiger partial charge in [-0.05, 0) is 42.3 Å². The summed E-state index contributed by atoms with van der Waals surface area (Å²) in [4.78, 5) is 43.3. The fraction of sp³-hybridized carbons (Fsp3) is 0.435. The Morgan fingerprint density at radius 3 is 2.70 bits per heavy atom. The highest BCUT2D eigenvalue weighted by atomic mass is 35.5. The molecule has 1 aromatic carbocycles. The van der Waals surface area contributed by atoms with E-state index < -0.39 is 12.0 Å². The normalized spacial score (nSPS) is 14.3. The molecule has 2 N–H and O–H groups in total. The van der Waals surface area contributed by atoms with E-state index in [-0.39, 0.29) is 36.3 Å². The average Bonchev–Trinajstić information content (AvgIpc) is 3.52. The van der Waals surface area contributed by atoms with Gasteiger partial charge in [-0.2, -0.15) is 9.97 Å². The van der Waals surface area contributed by atoms with Gasteiger partial charge in [0.25, 0.3) is 0 Å². The highest BCUT2D eigenvalue weighted by Gasteiger charge is 2.34. The molecule has 10 heteroatoms. The molecule has 1 fully saturated rings. The second-order valence-corrected chi connectivity index (χ2v) is 8.96. The van der Waals surface area contributed by atoms with Crippen molar-refractivity contribution in [2.45, 2.75) is 51.8 Å². The molecule has 1 aliphatic carbocycles. The Morgan fingerprint density at radius 1 is 1.24 bits per heavy atom. The molecule has 0 radical (unpaired) electrons. The molecular weight excluding hydrogens is 444 g/mol. The molecule has 2 aromatic heterocycles. The quantitative estimate of drug-likeness (QED) is 0.345. The van der Waals surface area contributed by atoms with Crippen LogP contribution in [0.5, 0.6) is 0 Å². The zero-order chi connectivity index (χ0) is 23.4. The van der Waals surface area contributed by atoms with Crippen LogP contribution in [-0.2, 0) is 20.9 Å². The first-order valence-corrected chi connectivity index (χ1v) is 11.4. The van der Waals surface area contributed by atoms with Gasteiger partial charge in [0.1, 0.15) is 18.2 Å². The fourth-order valence-corrected chi connectivity index (χ4v) is 3.83. The number of H-pyrrole nitrogens is 1. The Hall–Kier alpha value is -3.20. The lowest BCUT2D eigenvalue weighted by Crippen LogP contribution is -2.47. The highest BCUT2D eigenvalue weighted by molar-refractivity contribution is 6.28. The number of carbonyl (C=O) groups is 2. The second-order valence-electron chi connectivity index (χ2n) is 8.62. The summed E-state index contributed by atoms with van der Waals surface area (Å²) in [6.45, 7) is 4.19. The number of nitrogens with one attached hydrogen (secondary N) is 2. The topological polar surface area (TPSA) is 113 Å². The van der Waals surface area contributed by atoms with Crippen LogP contribution in [0.2, 0.25) is 5.28 Å². The number of carbonyl (C=O) groups excluding carboxylic acids is 2. The standard InChI is InChI=1S/C23H27ClN6O3/c1-14(2)10-17(22(32)33-12-15-6-4-3-5-7-15)27-18(31)11-30(16-8-9-16)21-19-20(26-13-25-19)28-23(24)29-21/h3-7,13-14,16-17H,8-12H2,1-2H3,(H,27,31)(H,25,26,28,29)/t17-/m0/s1. The smallest absolute Gasteiger partial charge is 0.328 e. The van der Waals surface area contributed by atoms with E-state index in [0.29, 0.717) is 23.4 Å². The Labute approximate surface area is 196 Å². The van der Waals surface area contributed by atoms with Crippen LogP contribution in [0.4, 0.5) is 5.82 Å². The van der Waals surface area contributed by atoms with E-state index in [2.05, 4.69) is 25.3 Å². The van der Waals surface area contributed by atoms with Gasteiger partial charge in [-0.15, -0.1) is 0 Å². The molecule has 1 atom stereocenters. The fourth-order valence-electron chi connectivity index (χ4n) is 3.67. The largest absolute Gasteiger partial charge is 0.459 e. The number of ether oxygens (including phenoxy) is 1. The molecular formula is C23H27ClN6O3. The van der Waals surface area contributed by atoms with E-state index in [1.165, 1.54) is 6.33 Å². The maximum atomic E-state index is 13.0. The number of aromatic amines is 1. The minimum Gasteiger partial charge on any atom is -0.459 e. The van der Waals surface area contributed by atoms with Gasteiger partial charge in [0.05, 0.1) is 12.9 Å². The van der Waals surface area contributed by atoms with Crippen molar-refractivity contribution in [2.24, 2.45) is 5.92 Å². The van der Waals surface area contributed by atoms with Gasteiger partial charge in [-0.25, -0.2) is 9.78 Å². The molecule has 2 heterocycles. The number of fused-ring (bicyclic) bond motifs is 1. The van der Waals surface area contributed by atoms with Gasteiger partial charge < -0.3 is 19.9 Å². The number of aromatic nitrogens is 4. The predicted octanol–water partition coefficient (Wildman–Crippen LogP) is 3.25. The van der Waals surface area contributed by atoms with Crippen LogP contribution >= 0.6 is 11.6 Å². The Morgan fingerprint density at radius 2 is 2.00 bits per heavy atom. The lowest BCUT2D eigenvalue weighted by Gasteiger charge is -2.25. The number of hydrogen-bond donors (Lipinski definition) is 2. The second kappa shape index (κ2) is 10.2. The van der Waals surface area contributed by atoms with Crippen molar-refractivity contribution in [1.29, 1.82) is 0 Å². The van der Waals surface area contributed by atoms with Crippen molar-refractivity contribution in [1.82, 2.24) is 25.3 Å². The minimum absolute atomic E-state index is 0.0344. The van der Waals surface area contributed by atoms with Gasteiger partial charge in [0.15, 0.2) is 11.5 Å². The number of nitrogens with zero attached hydrogens (tertiary/aromatic N) is 4. The van der Waals surface area contributed by atoms with Crippen LogP contribution in [0.3, 0.4) is 0 Å². The molecule has 0 aliphatic heterocycles. The number of hydrogen-bond acceptors (Lipinski definition) is 7. The van der Waals surface area contributed by atoms with Crippen molar-refractivity contribution in [2.75, 3.05) is 11.4 Å². The Balaban J connectivity index is 1.45. The lowest BCUT2D eigenvalue weighted by molar-refractivity contribution is -0.149. The molecule has 0 spiro atoms. The van der Waals surface area contributed by atoms with Crippen molar-refractivity contribution < 1.29 is 14.3 Å². The zero-order valence-corrected chi connectivity index (χ0v) is 19.4. The van der Waals surface area contributed by atoms with Crippen LogP contribution in [0.25, 0.3) is 11.2 Å². The third-order valence-corrected chi connectivity index (χ3v) is 5.53. The minimum atomic E-state index is -0.733. The molecule has 0 saturated heterocycles. The van der Waals surface area contributed by atoms with E-state index in [0.717, 1.165) is 18.4 Å². The third kappa shape index (κ3) is 5.98. The molecule has 33 heavy (non-hydrogen) atoms. The first kappa shape index (κ1) is 23.0. The summed E-state index contributed by atoms with van der Waals surface area (Å²) in [5.74, 6) is 0.00291. The number of amides is 1. The first-order chi connectivity index (χ1) is 15.9. The maximum absolute atomic E-state index is 13.0.